The van der Waals surface area contributed by atoms with E-state index in [2.05, 4.69) is 42.2 Å². The normalized spacial score (nSPS) is 12.2. The number of carbonyl (C=O) groups excluding carboxylic acids is 2. The number of nitrogens with zero attached hydrogens (tertiary/aromatic N) is 1. The van der Waals surface area contributed by atoms with Crippen molar-refractivity contribution in [2.45, 2.75) is 65.5 Å². The third kappa shape index (κ3) is 10.2. The molecule has 0 aliphatic heterocycles. The summed E-state index contributed by atoms with van der Waals surface area (Å²) in [6.07, 6.45) is -1.15. The lowest BCUT2D eigenvalue weighted by Gasteiger charge is -2.23. The van der Waals surface area contributed by atoms with Crippen LogP contribution in [0.3, 0.4) is 0 Å². The van der Waals surface area contributed by atoms with Crippen molar-refractivity contribution in [1.82, 2.24) is 9.55 Å². The number of anilines is 1. The Morgan fingerprint density at radius 1 is 1.00 bits per heavy atom. The second kappa shape index (κ2) is 12.8. The number of hydrogen-bond donors (Lipinski definition) is 4. The smallest absolute Gasteiger partial charge is 0.344 e. The van der Waals surface area contributed by atoms with E-state index in [9.17, 15) is 19.2 Å². The summed E-state index contributed by atoms with van der Waals surface area (Å²) >= 11 is 6.58. The van der Waals surface area contributed by atoms with Crippen molar-refractivity contribution in [3.63, 3.8) is 0 Å². The first-order chi connectivity index (χ1) is 17.9. The quantitative estimate of drug-likeness (QED) is 0.216. The van der Waals surface area contributed by atoms with E-state index in [-0.39, 0.29) is 23.5 Å². The minimum atomic E-state index is -1.15. The van der Waals surface area contributed by atoms with Gasteiger partial charge in [0.25, 0.3) is 0 Å². The Morgan fingerprint density at radius 2 is 1.56 bits per heavy atom. The number of carbonyl (C=O) groups is 3. The van der Waals surface area contributed by atoms with Gasteiger partial charge in [-0.2, -0.15) is 0 Å². The van der Waals surface area contributed by atoms with Crippen LogP contribution in [0, 0.1) is 0 Å². The maximum atomic E-state index is 11.8. The van der Waals surface area contributed by atoms with Gasteiger partial charge in [0.1, 0.15) is 17.7 Å². The third-order valence-electron chi connectivity index (χ3n) is 4.63. The van der Waals surface area contributed by atoms with Crippen LogP contribution in [0.2, 0.25) is 0 Å². The number of nitrogens with two attached hydrogens (primary N) is 1. The lowest BCUT2D eigenvalue weighted by Crippen LogP contribution is -2.43. The summed E-state index contributed by atoms with van der Waals surface area (Å²) in [7, 11) is 0. The summed E-state index contributed by atoms with van der Waals surface area (Å²) in [5.41, 5.74) is 5.76. The highest BCUT2D eigenvalue weighted by Crippen LogP contribution is 2.22. The Kier molecular flexibility index (Phi) is 10.5. The van der Waals surface area contributed by atoms with Gasteiger partial charge in [-0.1, -0.05) is 31.9 Å². The number of nitrogens with one attached hydrogen (secondary N) is 2. The summed E-state index contributed by atoms with van der Waals surface area (Å²) in [6.45, 7) is 10.4. The van der Waals surface area contributed by atoms with Gasteiger partial charge in [0, 0.05) is 8.95 Å². The van der Waals surface area contributed by atoms with Crippen LogP contribution >= 0.6 is 31.9 Å². The molecule has 11 nitrogen and oxygen atoms in total. The molecule has 0 fully saturated rings. The van der Waals surface area contributed by atoms with Crippen molar-refractivity contribution in [3.8, 4) is 0 Å². The molecule has 1 unspecified atom stereocenters. The molecule has 1 aromatic heterocycles. The second-order valence-electron chi connectivity index (χ2n) is 10.4. The molecule has 0 bridgehead atoms. The van der Waals surface area contributed by atoms with Crippen molar-refractivity contribution >= 4 is 66.5 Å². The van der Waals surface area contributed by atoms with Crippen LogP contribution < -0.4 is 16.7 Å². The van der Waals surface area contributed by atoms with Crippen molar-refractivity contribution in [3.05, 3.63) is 61.4 Å². The predicted octanol–water partition coefficient (Wildman–Crippen LogP) is 4.62. The fourth-order valence-electron chi connectivity index (χ4n) is 3.20. The highest BCUT2D eigenvalue weighted by molar-refractivity contribution is 9.10. The number of H-pyrrole nitrogens is 1. The third-order valence-corrected chi connectivity index (χ3v) is 5.61. The summed E-state index contributed by atoms with van der Waals surface area (Å²) in [6, 6.07) is 9.94. The number of imidazole rings is 1. The SMILES string of the molecule is CC(C)(C)OC(=O)C(N)Nc1cc(Br)ccc1C(=O)O.CC(C)(C)OC(=O)Cn1c(=O)[nH]c2ccc(Br)cc21. The first-order valence-electron chi connectivity index (χ1n) is 11.7. The second-order valence-corrected chi connectivity index (χ2v) is 12.2. The zero-order chi connectivity index (χ0) is 29.7. The van der Waals surface area contributed by atoms with Crippen LogP contribution in [0.1, 0.15) is 51.9 Å². The Morgan fingerprint density at radius 3 is 2.13 bits per heavy atom. The van der Waals surface area contributed by atoms with Crippen LogP contribution in [0.15, 0.2) is 50.1 Å². The summed E-state index contributed by atoms with van der Waals surface area (Å²) in [5, 5.41) is 11.7. The number of halogens is 2. The molecule has 3 rings (SSSR count). The zero-order valence-corrected chi connectivity index (χ0v) is 25.6. The van der Waals surface area contributed by atoms with Gasteiger partial charge >= 0.3 is 23.6 Å². The predicted molar refractivity (Wildman–Crippen MR) is 155 cm³/mol. The number of aromatic carboxylic acids is 1. The molecule has 5 N–H and O–H groups in total. The minimum Gasteiger partial charge on any atom is -0.478 e. The van der Waals surface area contributed by atoms with Gasteiger partial charge in [0.05, 0.1) is 22.3 Å². The van der Waals surface area contributed by atoms with Gasteiger partial charge in [0.2, 0.25) is 0 Å². The average molecular weight is 672 g/mol. The summed E-state index contributed by atoms with van der Waals surface area (Å²) in [5.74, 6) is -2.21. The van der Waals surface area contributed by atoms with Crippen LogP contribution in [-0.4, -0.2) is 49.9 Å². The van der Waals surface area contributed by atoms with Crippen LogP contribution in [-0.2, 0) is 25.6 Å². The van der Waals surface area contributed by atoms with E-state index in [0.717, 1.165) is 4.47 Å². The van der Waals surface area contributed by atoms with Crippen molar-refractivity contribution < 1.29 is 29.0 Å². The number of carboxylic acid groups (broad SMARTS) is 1. The molecule has 39 heavy (non-hydrogen) atoms. The minimum absolute atomic E-state index is 0.0206. The van der Waals surface area contributed by atoms with Gasteiger partial charge in [0.15, 0.2) is 6.17 Å². The van der Waals surface area contributed by atoms with E-state index in [1.54, 1.807) is 59.7 Å². The van der Waals surface area contributed by atoms with Crippen molar-refractivity contribution in [2.24, 2.45) is 5.73 Å². The molecule has 0 aliphatic carbocycles. The molecular weight excluding hydrogens is 640 g/mol. The van der Waals surface area contributed by atoms with E-state index in [0.29, 0.717) is 15.5 Å². The fraction of sp³-hybridized carbons (Fsp3) is 0.385. The maximum absolute atomic E-state index is 11.8. The first kappa shape index (κ1) is 32.1. The van der Waals surface area contributed by atoms with Crippen molar-refractivity contribution in [1.29, 1.82) is 0 Å². The van der Waals surface area contributed by atoms with E-state index in [1.165, 1.54) is 16.7 Å². The zero-order valence-electron chi connectivity index (χ0n) is 22.4. The molecular formula is C26H32Br2N4O7. The number of ether oxygens (including phenoxy) is 2. The molecule has 0 spiro atoms. The van der Waals surface area contributed by atoms with Crippen molar-refractivity contribution in [2.75, 3.05) is 5.32 Å². The molecule has 13 heteroatoms. The Labute approximate surface area is 242 Å². The lowest BCUT2D eigenvalue weighted by atomic mass is 10.1. The van der Waals surface area contributed by atoms with E-state index < -0.39 is 35.3 Å². The number of hydrogen-bond acceptors (Lipinski definition) is 8. The standard InChI is InChI=1S/C13H17BrN2O4.C13H15BrN2O3/c1-13(2,3)20-12(19)10(15)16-9-6-7(14)4-5-8(9)11(17)18;1-13(2,3)19-11(17)7-16-10-6-8(14)4-5-9(10)15-12(16)18/h4-6,10,16H,15H2,1-3H3,(H,17,18);4-6H,7H2,1-3H3,(H,15,18). The van der Waals surface area contributed by atoms with Crippen LogP contribution in [0.4, 0.5) is 5.69 Å². The Bertz CT molecular complexity index is 1420. The number of aromatic nitrogens is 2. The Balaban J connectivity index is 0.000000274. The highest BCUT2D eigenvalue weighted by Gasteiger charge is 2.23. The number of rotatable bonds is 6. The summed E-state index contributed by atoms with van der Waals surface area (Å²) < 4.78 is 13.2. The molecule has 0 amide bonds. The Hall–Kier alpha value is -3.16. The molecule has 212 valence electrons. The molecule has 0 radical (unpaired) electrons. The monoisotopic (exact) mass is 670 g/mol. The first-order valence-corrected chi connectivity index (χ1v) is 13.3. The number of aromatic amines is 1. The van der Waals surface area contributed by atoms with E-state index >= 15 is 0 Å². The highest BCUT2D eigenvalue weighted by atomic mass is 79.9. The molecule has 0 saturated carbocycles. The fourth-order valence-corrected chi connectivity index (χ4v) is 3.91. The molecule has 1 heterocycles. The van der Waals surface area contributed by atoms with Gasteiger partial charge < -0.3 is 30.6 Å². The molecule has 3 aromatic rings. The largest absolute Gasteiger partial charge is 0.478 e. The molecule has 2 aromatic carbocycles. The van der Waals surface area contributed by atoms with E-state index in [4.69, 9.17) is 20.3 Å². The van der Waals surface area contributed by atoms with Gasteiger partial charge in [-0.15, -0.1) is 0 Å². The van der Waals surface area contributed by atoms with Gasteiger partial charge in [-0.25, -0.2) is 14.4 Å². The maximum Gasteiger partial charge on any atom is 0.344 e. The molecule has 0 aliphatic rings. The number of fused-ring (bicyclic) bond motifs is 1. The number of esters is 2. The van der Waals surface area contributed by atoms with Gasteiger partial charge in [-0.05, 0) is 77.9 Å². The lowest BCUT2D eigenvalue weighted by molar-refractivity contribution is -0.156. The van der Waals surface area contributed by atoms with E-state index in [1.807, 2.05) is 6.07 Å². The molecule has 1 atom stereocenters. The summed E-state index contributed by atoms with van der Waals surface area (Å²) in [4.78, 5) is 49.2. The van der Waals surface area contributed by atoms with Crippen LogP contribution in [0.5, 0.6) is 0 Å². The number of carboxylic acids is 1. The average Bonchev–Trinajstić information content (AvgIpc) is 3.06. The van der Waals surface area contributed by atoms with Gasteiger partial charge in [-0.3, -0.25) is 9.36 Å². The topological polar surface area (TPSA) is 166 Å². The number of benzene rings is 2. The molecule has 0 saturated heterocycles. The van der Waals surface area contributed by atoms with Crippen LogP contribution in [0.25, 0.3) is 11.0 Å².